The summed E-state index contributed by atoms with van der Waals surface area (Å²) in [6.45, 7) is 4.43. The van der Waals surface area contributed by atoms with Crippen molar-refractivity contribution in [3.8, 4) is 0 Å². The Bertz CT molecular complexity index is 343. The summed E-state index contributed by atoms with van der Waals surface area (Å²) in [4.78, 5) is 0. The molecule has 0 spiro atoms. The summed E-state index contributed by atoms with van der Waals surface area (Å²) in [7, 11) is 0. The van der Waals surface area contributed by atoms with Gasteiger partial charge in [-0.3, -0.25) is 0 Å². The normalized spacial score (nSPS) is 12.1. The van der Waals surface area contributed by atoms with Crippen LogP contribution in [-0.2, 0) is 5.41 Å². The lowest BCUT2D eigenvalue weighted by atomic mass is 9.78. The van der Waals surface area contributed by atoms with Crippen molar-refractivity contribution >= 4 is 34.8 Å². The summed E-state index contributed by atoms with van der Waals surface area (Å²) in [5.74, 6) is 1.72. The second-order valence-corrected chi connectivity index (χ2v) is 5.96. The van der Waals surface area contributed by atoms with Crippen LogP contribution in [0, 0.1) is 5.92 Å². The highest BCUT2D eigenvalue weighted by Crippen LogP contribution is 2.34. The molecule has 1 rings (SSSR count). The van der Waals surface area contributed by atoms with E-state index >= 15 is 0 Å². The summed E-state index contributed by atoms with van der Waals surface area (Å²) < 4.78 is 0. The topological polar surface area (TPSA) is 0 Å². The highest BCUT2D eigenvalue weighted by molar-refractivity contribution is 6.30. The monoisotopic (exact) mass is 292 g/mol. The van der Waals surface area contributed by atoms with Gasteiger partial charge >= 0.3 is 0 Å². The fourth-order valence-electron chi connectivity index (χ4n) is 1.85. The molecule has 0 bridgehead atoms. The summed E-state index contributed by atoms with van der Waals surface area (Å²) in [5, 5.41) is 0.742. The van der Waals surface area contributed by atoms with Gasteiger partial charge in [-0.15, -0.1) is 23.2 Å². The summed E-state index contributed by atoms with van der Waals surface area (Å²) in [6.07, 6.45) is 2.12. The molecule has 17 heavy (non-hydrogen) atoms. The van der Waals surface area contributed by atoms with E-state index in [1.165, 1.54) is 0 Å². The molecule has 0 heterocycles. The molecule has 3 heteroatoms. The minimum Gasteiger partial charge on any atom is -0.126 e. The van der Waals surface area contributed by atoms with E-state index in [2.05, 4.69) is 19.9 Å². The molecule has 0 saturated carbocycles. The molecule has 0 N–H and O–H groups in total. The Labute approximate surface area is 119 Å². The van der Waals surface area contributed by atoms with Crippen LogP contribution in [-0.4, -0.2) is 11.8 Å². The predicted molar refractivity (Wildman–Crippen MR) is 78.6 cm³/mol. The summed E-state index contributed by atoms with van der Waals surface area (Å²) in [5.41, 5.74) is 0.994. The van der Waals surface area contributed by atoms with Gasteiger partial charge in [-0.2, -0.15) is 0 Å². The number of hydrogen-bond acceptors (Lipinski definition) is 0. The first kappa shape index (κ1) is 15.1. The predicted octanol–water partition coefficient (Wildman–Crippen LogP) is 5.49. The third kappa shape index (κ3) is 4.05. The van der Waals surface area contributed by atoms with Gasteiger partial charge in [0, 0.05) is 22.2 Å². The van der Waals surface area contributed by atoms with Gasteiger partial charge in [0.2, 0.25) is 0 Å². The lowest BCUT2D eigenvalue weighted by Crippen LogP contribution is -2.31. The van der Waals surface area contributed by atoms with E-state index in [0.717, 1.165) is 23.4 Å². The van der Waals surface area contributed by atoms with Crippen molar-refractivity contribution in [1.82, 2.24) is 0 Å². The highest BCUT2D eigenvalue weighted by Gasteiger charge is 2.30. The first-order valence-corrected chi connectivity index (χ1v) is 7.37. The van der Waals surface area contributed by atoms with E-state index in [9.17, 15) is 0 Å². The lowest BCUT2D eigenvalue weighted by Gasteiger charge is -2.31. The van der Waals surface area contributed by atoms with Crippen LogP contribution < -0.4 is 0 Å². The Hall–Kier alpha value is 0.0900. The number of alkyl halides is 2. The minimum absolute atomic E-state index is 0.154. The average Bonchev–Trinajstić information content (AvgIpc) is 2.31. The number of benzene rings is 1. The van der Waals surface area contributed by atoms with Gasteiger partial charge in [0.15, 0.2) is 0 Å². The molecule has 0 aromatic heterocycles. The third-order valence-corrected chi connectivity index (χ3v) is 4.41. The highest BCUT2D eigenvalue weighted by atomic mass is 35.5. The van der Waals surface area contributed by atoms with Crippen LogP contribution >= 0.6 is 34.8 Å². The van der Waals surface area contributed by atoms with Crippen LogP contribution in [0.15, 0.2) is 24.3 Å². The molecule has 0 aliphatic carbocycles. The molecule has 0 aliphatic heterocycles. The van der Waals surface area contributed by atoms with Gasteiger partial charge in [0.1, 0.15) is 0 Å². The SMILES string of the molecule is CC(C)CCC(CCl)(CCl)c1cccc(Cl)c1. The molecule has 0 saturated heterocycles. The lowest BCUT2D eigenvalue weighted by molar-refractivity contribution is 0.423. The molecule has 0 fully saturated rings. The smallest absolute Gasteiger partial charge is 0.0408 e. The average molecular weight is 294 g/mol. The van der Waals surface area contributed by atoms with Crippen molar-refractivity contribution in [2.75, 3.05) is 11.8 Å². The molecule has 1 aromatic carbocycles. The molecule has 0 nitrogen and oxygen atoms in total. The minimum atomic E-state index is -0.154. The molecule has 0 radical (unpaired) electrons. The third-order valence-electron chi connectivity index (χ3n) is 3.15. The van der Waals surface area contributed by atoms with E-state index in [0.29, 0.717) is 17.7 Å². The first-order valence-electron chi connectivity index (χ1n) is 5.92. The fraction of sp³-hybridized carbons (Fsp3) is 0.571. The van der Waals surface area contributed by atoms with Crippen molar-refractivity contribution in [3.05, 3.63) is 34.9 Å². The largest absolute Gasteiger partial charge is 0.126 e. The van der Waals surface area contributed by atoms with Crippen molar-refractivity contribution < 1.29 is 0 Å². The van der Waals surface area contributed by atoms with Gasteiger partial charge in [0.25, 0.3) is 0 Å². The van der Waals surface area contributed by atoms with Crippen molar-refractivity contribution in [1.29, 1.82) is 0 Å². The Balaban J connectivity index is 2.97. The van der Waals surface area contributed by atoms with E-state index < -0.39 is 0 Å². The Morgan fingerprint density at radius 1 is 1.18 bits per heavy atom. The van der Waals surface area contributed by atoms with Crippen LogP contribution in [0.2, 0.25) is 5.02 Å². The number of rotatable bonds is 6. The zero-order valence-electron chi connectivity index (χ0n) is 10.3. The Morgan fingerprint density at radius 3 is 2.29 bits per heavy atom. The van der Waals surface area contributed by atoms with Crippen molar-refractivity contribution in [3.63, 3.8) is 0 Å². The second-order valence-electron chi connectivity index (χ2n) is 4.99. The second kappa shape index (κ2) is 6.87. The summed E-state index contributed by atoms with van der Waals surface area (Å²) in [6, 6.07) is 7.88. The van der Waals surface area contributed by atoms with Crippen LogP contribution in [0.3, 0.4) is 0 Å². The Morgan fingerprint density at radius 2 is 1.82 bits per heavy atom. The molecule has 0 unspecified atom stereocenters. The molecule has 0 aliphatic rings. The molecule has 0 amide bonds. The quantitative estimate of drug-likeness (QED) is 0.608. The van der Waals surface area contributed by atoms with Crippen LogP contribution in [0.25, 0.3) is 0 Å². The van der Waals surface area contributed by atoms with Crippen LogP contribution in [0.1, 0.15) is 32.3 Å². The van der Waals surface area contributed by atoms with Gasteiger partial charge in [-0.25, -0.2) is 0 Å². The van der Waals surface area contributed by atoms with Crippen molar-refractivity contribution in [2.24, 2.45) is 5.92 Å². The zero-order chi connectivity index (χ0) is 12.9. The maximum Gasteiger partial charge on any atom is 0.0408 e. The molecule has 96 valence electrons. The molecule has 1 aromatic rings. The molecular formula is C14H19Cl3. The first-order chi connectivity index (χ1) is 8.04. The Kier molecular flexibility index (Phi) is 6.12. The van der Waals surface area contributed by atoms with E-state index in [4.69, 9.17) is 34.8 Å². The van der Waals surface area contributed by atoms with Crippen LogP contribution in [0.5, 0.6) is 0 Å². The standard InChI is InChI=1S/C14H19Cl3/c1-11(2)6-7-14(9-15,10-16)12-4-3-5-13(17)8-12/h3-5,8,11H,6-7,9-10H2,1-2H3. The van der Waals surface area contributed by atoms with Gasteiger partial charge in [0.05, 0.1) is 0 Å². The molecular weight excluding hydrogens is 275 g/mol. The maximum absolute atomic E-state index is 6.17. The van der Waals surface area contributed by atoms with E-state index in [1.54, 1.807) is 0 Å². The zero-order valence-corrected chi connectivity index (χ0v) is 12.6. The van der Waals surface area contributed by atoms with Gasteiger partial charge < -0.3 is 0 Å². The molecule has 0 atom stereocenters. The van der Waals surface area contributed by atoms with Gasteiger partial charge in [-0.05, 0) is 30.0 Å². The van der Waals surface area contributed by atoms with E-state index in [1.807, 2.05) is 18.2 Å². The van der Waals surface area contributed by atoms with Crippen molar-refractivity contribution in [2.45, 2.75) is 32.1 Å². The van der Waals surface area contributed by atoms with E-state index in [-0.39, 0.29) is 5.41 Å². The fourth-order valence-corrected chi connectivity index (χ4v) is 2.90. The summed E-state index contributed by atoms with van der Waals surface area (Å²) >= 11 is 18.4. The maximum atomic E-state index is 6.17. The number of hydrogen-bond donors (Lipinski definition) is 0. The van der Waals surface area contributed by atoms with Gasteiger partial charge in [-0.1, -0.05) is 44.0 Å². The van der Waals surface area contributed by atoms with Crippen LogP contribution in [0.4, 0.5) is 0 Å². The number of halogens is 3.